The third-order valence-corrected chi connectivity index (χ3v) is 2.46. The number of hydrogen-bond donors (Lipinski definition) is 2. The van der Waals surface area contributed by atoms with Crippen molar-refractivity contribution in [2.75, 3.05) is 11.1 Å². The Bertz CT molecular complexity index is 576. The molecule has 1 aromatic carbocycles. The molecule has 0 amide bonds. The monoisotopic (exact) mass is 265 g/mol. The van der Waals surface area contributed by atoms with E-state index in [9.17, 15) is 8.78 Å². The van der Waals surface area contributed by atoms with Crippen molar-refractivity contribution in [1.82, 2.24) is 4.98 Å². The van der Waals surface area contributed by atoms with Gasteiger partial charge in [0.1, 0.15) is 11.6 Å². The van der Waals surface area contributed by atoms with Gasteiger partial charge in [-0.1, -0.05) is 12.1 Å². The zero-order valence-corrected chi connectivity index (χ0v) is 10.2. The van der Waals surface area contributed by atoms with Crippen molar-refractivity contribution in [1.29, 1.82) is 0 Å². The summed E-state index contributed by atoms with van der Waals surface area (Å²) in [6.45, 7) is -1.05. The molecule has 6 heteroatoms. The van der Waals surface area contributed by atoms with Crippen LogP contribution in [0.15, 0.2) is 36.5 Å². The molecule has 19 heavy (non-hydrogen) atoms. The van der Waals surface area contributed by atoms with Crippen molar-refractivity contribution in [2.24, 2.45) is 0 Å². The van der Waals surface area contributed by atoms with E-state index in [4.69, 9.17) is 5.73 Å². The van der Waals surface area contributed by atoms with Gasteiger partial charge in [-0.2, -0.15) is 8.78 Å². The maximum atomic E-state index is 12.3. The van der Waals surface area contributed by atoms with Crippen LogP contribution in [-0.4, -0.2) is 11.6 Å². The molecular weight excluding hydrogens is 252 g/mol. The summed E-state index contributed by atoms with van der Waals surface area (Å²) in [5.41, 5.74) is 7.38. The molecule has 2 rings (SSSR count). The molecule has 100 valence electrons. The Balaban J connectivity index is 2.27. The van der Waals surface area contributed by atoms with Crippen molar-refractivity contribution in [2.45, 2.75) is 13.5 Å². The Labute approximate surface area is 109 Å². The minimum absolute atomic E-state index is 0.0653. The van der Waals surface area contributed by atoms with E-state index < -0.39 is 6.61 Å². The van der Waals surface area contributed by atoms with Gasteiger partial charge in [0.05, 0.1) is 17.6 Å². The zero-order chi connectivity index (χ0) is 13.8. The lowest BCUT2D eigenvalue weighted by Crippen LogP contribution is -2.05. The molecule has 0 atom stereocenters. The molecule has 2 aromatic rings. The molecule has 0 saturated heterocycles. The number of alkyl halides is 2. The maximum Gasteiger partial charge on any atom is 0.387 e. The van der Waals surface area contributed by atoms with Crippen LogP contribution in [0.3, 0.4) is 0 Å². The highest BCUT2D eigenvalue weighted by Gasteiger charge is 2.10. The lowest BCUT2D eigenvalue weighted by atomic mass is 10.2. The van der Waals surface area contributed by atoms with E-state index in [-0.39, 0.29) is 5.75 Å². The van der Waals surface area contributed by atoms with Crippen LogP contribution in [0.5, 0.6) is 5.75 Å². The number of nitrogens with zero attached hydrogens (tertiary/aromatic N) is 1. The summed E-state index contributed by atoms with van der Waals surface area (Å²) in [5, 5.41) is 2.95. The van der Waals surface area contributed by atoms with Gasteiger partial charge in [0.15, 0.2) is 0 Å². The van der Waals surface area contributed by atoms with Gasteiger partial charge in [-0.25, -0.2) is 4.98 Å². The van der Waals surface area contributed by atoms with E-state index in [2.05, 4.69) is 15.0 Å². The molecule has 1 heterocycles. The minimum atomic E-state index is -2.87. The average Bonchev–Trinajstić information content (AvgIpc) is 2.34. The molecule has 0 aliphatic heterocycles. The summed E-state index contributed by atoms with van der Waals surface area (Å²) >= 11 is 0. The first-order valence-electron chi connectivity index (χ1n) is 5.59. The first kappa shape index (κ1) is 13.1. The fourth-order valence-corrected chi connectivity index (χ4v) is 1.62. The summed E-state index contributed by atoms with van der Waals surface area (Å²) in [4.78, 5) is 4.11. The number of rotatable bonds is 4. The van der Waals surface area contributed by atoms with E-state index in [1.165, 1.54) is 12.3 Å². The van der Waals surface area contributed by atoms with Gasteiger partial charge < -0.3 is 15.8 Å². The number of aryl methyl sites for hydroxylation is 1. The molecule has 0 aliphatic rings. The predicted molar refractivity (Wildman–Crippen MR) is 69.7 cm³/mol. The largest absolute Gasteiger partial charge is 0.433 e. The van der Waals surface area contributed by atoms with Crippen molar-refractivity contribution < 1.29 is 13.5 Å². The van der Waals surface area contributed by atoms with Crippen molar-refractivity contribution in [3.63, 3.8) is 0 Å². The second kappa shape index (κ2) is 5.51. The Morgan fingerprint density at radius 2 is 2.05 bits per heavy atom. The molecule has 0 bridgehead atoms. The smallest absolute Gasteiger partial charge is 0.387 e. The Morgan fingerprint density at radius 1 is 1.32 bits per heavy atom. The third-order valence-electron chi connectivity index (χ3n) is 2.46. The van der Waals surface area contributed by atoms with E-state index >= 15 is 0 Å². The van der Waals surface area contributed by atoms with Gasteiger partial charge in [-0.15, -0.1) is 0 Å². The van der Waals surface area contributed by atoms with Crippen LogP contribution < -0.4 is 15.8 Å². The molecule has 0 fully saturated rings. The molecule has 0 aliphatic carbocycles. The van der Waals surface area contributed by atoms with Crippen LogP contribution >= 0.6 is 0 Å². The second-order valence-corrected chi connectivity index (χ2v) is 3.93. The summed E-state index contributed by atoms with van der Waals surface area (Å²) in [7, 11) is 0. The maximum absolute atomic E-state index is 12.3. The fourth-order valence-electron chi connectivity index (χ4n) is 1.62. The quantitative estimate of drug-likeness (QED) is 0.890. The van der Waals surface area contributed by atoms with E-state index in [0.29, 0.717) is 17.2 Å². The Morgan fingerprint density at radius 3 is 2.74 bits per heavy atom. The van der Waals surface area contributed by atoms with E-state index in [1.807, 2.05) is 6.92 Å². The van der Waals surface area contributed by atoms with Crippen LogP contribution in [0.25, 0.3) is 0 Å². The van der Waals surface area contributed by atoms with E-state index in [0.717, 1.165) is 5.56 Å². The first-order valence-corrected chi connectivity index (χ1v) is 5.59. The second-order valence-electron chi connectivity index (χ2n) is 3.93. The lowest BCUT2D eigenvalue weighted by molar-refractivity contribution is -0.0493. The number of nitrogen functional groups attached to an aromatic ring is 1. The number of nitrogens with two attached hydrogens (primary N) is 1. The van der Waals surface area contributed by atoms with Gasteiger partial charge in [0.25, 0.3) is 0 Å². The molecule has 0 unspecified atom stereocenters. The highest BCUT2D eigenvalue weighted by Crippen LogP contribution is 2.29. The van der Waals surface area contributed by atoms with Gasteiger partial charge in [-0.05, 0) is 30.7 Å². The number of hydrogen-bond acceptors (Lipinski definition) is 4. The van der Waals surface area contributed by atoms with Crippen molar-refractivity contribution in [3.8, 4) is 5.75 Å². The SMILES string of the molecule is Cc1cc(N)cnc1Nc1ccccc1OC(F)F. The van der Waals surface area contributed by atoms with Gasteiger partial charge in [0.2, 0.25) is 0 Å². The lowest BCUT2D eigenvalue weighted by Gasteiger charge is -2.13. The van der Waals surface area contributed by atoms with Crippen LogP contribution in [0.1, 0.15) is 5.56 Å². The van der Waals surface area contributed by atoms with E-state index in [1.54, 1.807) is 24.3 Å². The highest BCUT2D eigenvalue weighted by atomic mass is 19.3. The normalized spacial score (nSPS) is 10.5. The van der Waals surface area contributed by atoms with Crippen LogP contribution in [0.2, 0.25) is 0 Å². The molecule has 3 N–H and O–H groups in total. The molecule has 1 aromatic heterocycles. The number of halogens is 2. The topological polar surface area (TPSA) is 60.2 Å². The number of pyridine rings is 1. The third kappa shape index (κ3) is 3.31. The number of nitrogens with one attached hydrogen (secondary N) is 1. The zero-order valence-electron chi connectivity index (χ0n) is 10.2. The summed E-state index contributed by atoms with van der Waals surface area (Å²) < 4.78 is 29.0. The molecular formula is C13H13F2N3O. The first-order chi connectivity index (χ1) is 9.06. The number of para-hydroxylation sites is 2. The summed E-state index contributed by atoms with van der Waals surface area (Å²) in [6, 6.07) is 8.17. The molecule has 0 radical (unpaired) electrons. The van der Waals surface area contributed by atoms with Crippen LogP contribution in [0.4, 0.5) is 26.0 Å². The standard InChI is InChI=1S/C13H13F2N3O/c1-8-6-9(16)7-17-12(8)18-10-4-2-3-5-11(10)19-13(14)15/h2-7,13H,16H2,1H3,(H,17,18). The fraction of sp³-hybridized carbons (Fsp3) is 0.154. The van der Waals surface area contributed by atoms with Gasteiger partial charge >= 0.3 is 6.61 Å². The van der Waals surface area contributed by atoms with Gasteiger partial charge in [-0.3, -0.25) is 0 Å². The molecule has 4 nitrogen and oxygen atoms in total. The average molecular weight is 265 g/mol. The Kier molecular flexibility index (Phi) is 3.79. The number of anilines is 3. The predicted octanol–water partition coefficient (Wildman–Crippen LogP) is 3.32. The number of ether oxygens (including phenoxy) is 1. The van der Waals surface area contributed by atoms with Gasteiger partial charge in [0, 0.05) is 0 Å². The molecule has 0 spiro atoms. The van der Waals surface area contributed by atoms with Crippen molar-refractivity contribution >= 4 is 17.2 Å². The van der Waals surface area contributed by atoms with Crippen LogP contribution in [0, 0.1) is 6.92 Å². The van der Waals surface area contributed by atoms with Crippen LogP contribution in [-0.2, 0) is 0 Å². The van der Waals surface area contributed by atoms with Crippen molar-refractivity contribution in [3.05, 3.63) is 42.1 Å². The highest BCUT2D eigenvalue weighted by molar-refractivity contribution is 5.66. The number of benzene rings is 1. The molecule has 0 saturated carbocycles. The summed E-state index contributed by atoms with van der Waals surface area (Å²) in [5.74, 6) is 0.607. The number of aromatic nitrogens is 1. The Hall–Kier alpha value is -2.37. The minimum Gasteiger partial charge on any atom is -0.433 e. The summed E-state index contributed by atoms with van der Waals surface area (Å²) in [6.07, 6.45) is 1.49.